The van der Waals surface area contributed by atoms with E-state index in [4.69, 9.17) is 5.73 Å². The van der Waals surface area contributed by atoms with Crippen LogP contribution >= 0.6 is 23.1 Å². The molecule has 1 rings (SSSR count). The summed E-state index contributed by atoms with van der Waals surface area (Å²) in [6.07, 6.45) is 2.17. The number of thiophene rings is 1. The van der Waals surface area contributed by atoms with Crippen molar-refractivity contribution in [3.05, 3.63) is 21.9 Å². The first-order chi connectivity index (χ1) is 8.35. The molecule has 1 aromatic heterocycles. The summed E-state index contributed by atoms with van der Waals surface area (Å²) in [5.41, 5.74) is 7.41. The Morgan fingerprint density at radius 1 is 1.50 bits per heavy atom. The van der Waals surface area contributed by atoms with Crippen LogP contribution in [0.3, 0.4) is 0 Å². The Labute approximate surface area is 118 Å². The Balaban J connectivity index is 2.72. The first kappa shape index (κ1) is 16.0. The number of hydrogen-bond donors (Lipinski definition) is 1. The fourth-order valence-corrected chi connectivity index (χ4v) is 5.59. The van der Waals surface area contributed by atoms with E-state index in [2.05, 4.69) is 25.3 Å². The van der Waals surface area contributed by atoms with Crippen LogP contribution in [0.25, 0.3) is 0 Å². The highest BCUT2D eigenvalue weighted by Crippen LogP contribution is 2.37. The van der Waals surface area contributed by atoms with E-state index in [9.17, 15) is 8.42 Å². The van der Waals surface area contributed by atoms with Crippen molar-refractivity contribution >= 4 is 32.9 Å². The van der Waals surface area contributed by atoms with Crippen molar-refractivity contribution < 1.29 is 8.42 Å². The molecular formula is C12H21NO2S3. The Hall–Kier alpha value is -0.0400. The molecule has 0 aliphatic rings. The molecule has 104 valence electrons. The molecular weight excluding hydrogens is 286 g/mol. The van der Waals surface area contributed by atoms with Crippen molar-refractivity contribution in [1.29, 1.82) is 0 Å². The van der Waals surface area contributed by atoms with Gasteiger partial charge in [0.15, 0.2) is 0 Å². The molecule has 0 saturated heterocycles. The molecule has 18 heavy (non-hydrogen) atoms. The lowest BCUT2D eigenvalue weighted by Gasteiger charge is -2.22. The topological polar surface area (TPSA) is 60.2 Å². The van der Waals surface area contributed by atoms with E-state index in [1.54, 1.807) is 23.1 Å². The Morgan fingerprint density at radius 3 is 2.61 bits per heavy atom. The predicted molar refractivity (Wildman–Crippen MR) is 82.2 cm³/mol. The molecule has 1 heterocycles. The molecule has 2 atom stereocenters. The summed E-state index contributed by atoms with van der Waals surface area (Å²) in [5.74, 6) is 0.823. The number of thioether (sulfide) groups is 1. The Bertz CT molecular complexity index is 467. The van der Waals surface area contributed by atoms with Crippen LogP contribution in [0.5, 0.6) is 0 Å². The molecule has 3 nitrogen and oxygen atoms in total. The van der Waals surface area contributed by atoms with Crippen LogP contribution in [-0.2, 0) is 9.84 Å². The van der Waals surface area contributed by atoms with Crippen LogP contribution in [0, 0.1) is 6.92 Å². The molecule has 2 unspecified atom stereocenters. The van der Waals surface area contributed by atoms with Gasteiger partial charge in [-0.05, 0) is 30.4 Å². The lowest BCUT2D eigenvalue weighted by molar-refractivity contribution is 0.603. The number of rotatable bonds is 7. The quantitative estimate of drug-likeness (QED) is 0.841. The third-order valence-electron chi connectivity index (χ3n) is 2.77. The molecule has 0 bridgehead atoms. The van der Waals surface area contributed by atoms with E-state index in [0.717, 1.165) is 6.42 Å². The van der Waals surface area contributed by atoms with Gasteiger partial charge < -0.3 is 5.73 Å². The second-order valence-corrected chi connectivity index (χ2v) is 8.92. The lowest BCUT2D eigenvalue weighted by atomic mass is 10.1. The van der Waals surface area contributed by atoms with E-state index in [1.165, 1.54) is 16.7 Å². The number of hydrogen-bond acceptors (Lipinski definition) is 5. The monoisotopic (exact) mass is 307 g/mol. The van der Waals surface area contributed by atoms with Crippen LogP contribution in [-0.4, -0.2) is 32.2 Å². The third kappa shape index (κ3) is 4.91. The van der Waals surface area contributed by atoms with Gasteiger partial charge in [-0.15, -0.1) is 11.3 Å². The molecule has 0 spiro atoms. The van der Waals surface area contributed by atoms with Gasteiger partial charge in [0.2, 0.25) is 0 Å². The second-order valence-electron chi connectivity index (χ2n) is 4.46. The average Bonchev–Trinajstić information content (AvgIpc) is 2.68. The number of nitrogens with two attached hydrogens (primary N) is 1. The number of aryl methyl sites for hydroxylation is 1. The van der Waals surface area contributed by atoms with Crippen LogP contribution in [0.15, 0.2) is 11.4 Å². The van der Waals surface area contributed by atoms with Crippen molar-refractivity contribution in [2.24, 2.45) is 5.73 Å². The highest BCUT2D eigenvalue weighted by atomic mass is 32.2. The first-order valence-electron chi connectivity index (χ1n) is 5.94. The molecule has 0 aliphatic carbocycles. The van der Waals surface area contributed by atoms with Gasteiger partial charge in [0, 0.05) is 22.9 Å². The Kier molecular flexibility index (Phi) is 6.17. The Morgan fingerprint density at radius 2 is 2.17 bits per heavy atom. The highest BCUT2D eigenvalue weighted by molar-refractivity contribution is 8.01. The van der Waals surface area contributed by atoms with Crippen molar-refractivity contribution in [3.63, 3.8) is 0 Å². The normalized spacial score (nSPS) is 15.6. The maximum Gasteiger partial charge on any atom is 0.148 e. The molecule has 0 saturated carbocycles. The standard InChI is InChI=1S/C12H21NO2S3/c1-4-10(13)12(11-9(2)5-6-16-11)17-7-8-18(3,14)15/h5-6,10,12H,4,7-8,13H2,1-3H3. The minimum Gasteiger partial charge on any atom is -0.326 e. The van der Waals surface area contributed by atoms with Crippen molar-refractivity contribution in [1.82, 2.24) is 0 Å². The summed E-state index contributed by atoms with van der Waals surface area (Å²) in [7, 11) is -2.89. The van der Waals surface area contributed by atoms with Gasteiger partial charge in [0.05, 0.1) is 11.0 Å². The van der Waals surface area contributed by atoms with E-state index in [0.29, 0.717) is 5.75 Å². The van der Waals surface area contributed by atoms with Gasteiger partial charge in [-0.2, -0.15) is 11.8 Å². The summed E-state index contributed by atoms with van der Waals surface area (Å²) in [5, 5.41) is 2.27. The van der Waals surface area contributed by atoms with Crippen molar-refractivity contribution in [2.75, 3.05) is 17.8 Å². The van der Waals surface area contributed by atoms with Gasteiger partial charge in [0.1, 0.15) is 9.84 Å². The van der Waals surface area contributed by atoms with E-state index in [-0.39, 0.29) is 17.0 Å². The van der Waals surface area contributed by atoms with Crippen molar-refractivity contribution in [3.8, 4) is 0 Å². The zero-order valence-corrected chi connectivity index (χ0v) is 13.5. The molecule has 0 aromatic carbocycles. The van der Waals surface area contributed by atoms with Gasteiger partial charge in [-0.3, -0.25) is 0 Å². The number of sulfone groups is 1. The molecule has 0 amide bonds. The predicted octanol–water partition coefficient (Wildman–Crippen LogP) is 2.61. The van der Waals surface area contributed by atoms with Gasteiger partial charge in [-0.1, -0.05) is 6.92 Å². The van der Waals surface area contributed by atoms with Gasteiger partial charge in [0.25, 0.3) is 0 Å². The van der Waals surface area contributed by atoms with Crippen molar-refractivity contribution in [2.45, 2.75) is 31.6 Å². The maximum atomic E-state index is 11.2. The van der Waals surface area contributed by atoms with Crippen LogP contribution in [0.4, 0.5) is 0 Å². The minimum absolute atomic E-state index is 0.0758. The molecule has 0 aliphatic heterocycles. The van der Waals surface area contributed by atoms with Gasteiger partial charge >= 0.3 is 0 Å². The third-order valence-corrected chi connectivity index (χ3v) is 6.61. The fraction of sp³-hybridized carbons (Fsp3) is 0.667. The first-order valence-corrected chi connectivity index (χ1v) is 9.93. The van der Waals surface area contributed by atoms with E-state index in [1.807, 2.05) is 0 Å². The molecule has 0 radical (unpaired) electrons. The van der Waals surface area contributed by atoms with Crippen LogP contribution in [0.1, 0.15) is 29.0 Å². The zero-order valence-electron chi connectivity index (χ0n) is 11.0. The summed E-state index contributed by atoms with van der Waals surface area (Å²) < 4.78 is 22.3. The molecule has 1 aromatic rings. The largest absolute Gasteiger partial charge is 0.326 e. The smallest absolute Gasteiger partial charge is 0.148 e. The SMILES string of the molecule is CCC(N)C(SCCS(C)(=O)=O)c1sccc1C. The summed E-state index contributed by atoms with van der Waals surface area (Å²) in [6.45, 7) is 4.15. The summed E-state index contributed by atoms with van der Waals surface area (Å²) in [6, 6.07) is 2.17. The molecule has 0 fully saturated rings. The molecule has 2 N–H and O–H groups in total. The van der Waals surface area contributed by atoms with Crippen LogP contribution < -0.4 is 5.73 Å². The summed E-state index contributed by atoms with van der Waals surface area (Å²) in [4.78, 5) is 1.28. The lowest BCUT2D eigenvalue weighted by Crippen LogP contribution is -2.26. The maximum absolute atomic E-state index is 11.2. The highest BCUT2D eigenvalue weighted by Gasteiger charge is 2.22. The van der Waals surface area contributed by atoms with Gasteiger partial charge in [-0.25, -0.2) is 8.42 Å². The zero-order chi connectivity index (χ0) is 13.8. The molecule has 6 heteroatoms. The average molecular weight is 308 g/mol. The second kappa shape index (κ2) is 6.93. The fourth-order valence-electron chi connectivity index (χ4n) is 1.61. The van der Waals surface area contributed by atoms with Crippen LogP contribution in [0.2, 0.25) is 0 Å². The summed E-state index contributed by atoms with van der Waals surface area (Å²) >= 11 is 3.37. The van der Waals surface area contributed by atoms with E-state index >= 15 is 0 Å². The van der Waals surface area contributed by atoms with E-state index < -0.39 is 9.84 Å². The minimum atomic E-state index is -2.89.